The highest BCUT2D eigenvalue weighted by molar-refractivity contribution is 5.01. The maximum absolute atomic E-state index is 5.04. The van der Waals surface area contributed by atoms with Gasteiger partial charge in [0.15, 0.2) is 5.82 Å². The Kier molecular flexibility index (Phi) is 2.64. The summed E-state index contributed by atoms with van der Waals surface area (Å²) in [5, 5.41) is 7.94. The summed E-state index contributed by atoms with van der Waals surface area (Å²) in [7, 11) is 0. The summed E-state index contributed by atoms with van der Waals surface area (Å²) in [5.41, 5.74) is 0.942. The van der Waals surface area contributed by atoms with E-state index in [4.69, 9.17) is 9.05 Å². The van der Waals surface area contributed by atoms with E-state index in [9.17, 15) is 0 Å². The molecule has 2 aromatic rings. The van der Waals surface area contributed by atoms with Crippen molar-refractivity contribution in [3.8, 4) is 0 Å². The van der Waals surface area contributed by atoms with Gasteiger partial charge < -0.3 is 9.05 Å². The number of aryl methyl sites for hydroxylation is 1. The third-order valence-electron chi connectivity index (χ3n) is 3.06. The first kappa shape index (κ1) is 10.5. The Morgan fingerprint density at radius 3 is 3.12 bits per heavy atom. The van der Waals surface area contributed by atoms with Crippen molar-refractivity contribution in [2.75, 3.05) is 6.54 Å². The molecular weight excluding hydrogens is 220 g/mol. The number of hydrogen-bond acceptors (Lipinski definition) is 6. The number of rotatable bonds is 3. The molecule has 1 saturated heterocycles. The Hall–Kier alpha value is -1.69. The van der Waals surface area contributed by atoms with Crippen molar-refractivity contribution in [1.29, 1.82) is 0 Å². The van der Waals surface area contributed by atoms with E-state index in [1.54, 1.807) is 6.26 Å². The topological polar surface area (TPSA) is 68.2 Å². The summed E-state index contributed by atoms with van der Waals surface area (Å²) in [6.45, 7) is 3.62. The fraction of sp³-hybridized carbons (Fsp3) is 0.545. The predicted molar refractivity (Wildman–Crippen MR) is 57.9 cm³/mol. The average molecular weight is 234 g/mol. The molecule has 0 bridgehead atoms. The Morgan fingerprint density at radius 1 is 1.47 bits per heavy atom. The quantitative estimate of drug-likeness (QED) is 0.805. The lowest BCUT2D eigenvalue weighted by molar-refractivity contribution is 0.227. The lowest BCUT2D eigenvalue weighted by Gasteiger charge is -2.20. The zero-order chi connectivity index (χ0) is 11.7. The van der Waals surface area contributed by atoms with Crippen LogP contribution in [0.15, 0.2) is 21.4 Å². The summed E-state index contributed by atoms with van der Waals surface area (Å²) in [4.78, 5) is 6.62. The summed E-state index contributed by atoms with van der Waals surface area (Å²) in [6.07, 6.45) is 3.81. The molecule has 2 aromatic heterocycles. The molecule has 1 aliphatic heterocycles. The number of aromatic nitrogens is 3. The molecule has 0 aliphatic carbocycles. The monoisotopic (exact) mass is 234 g/mol. The van der Waals surface area contributed by atoms with Gasteiger partial charge in [-0.05, 0) is 19.4 Å². The molecule has 0 amide bonds. The van der Waals surface area contributed by atoms with Crippen LogP contribution in [0.5, 0.6) is 0 Å². The number of likely N-dealkylation sites (tertiary alicyclic amines) is 1. The van der Waals surface area contributed by atoms with Crippen molar-refractivity contribution >= 4 is 0 Å². The van der Waals surface area contributed by atoms with Crippen LogP contribution in [0.3, 0.4) is 0 Å². The highest BCUT2D eigenvalue weighted by Gasteiger charge is 2.30. The van der Waals surface area contributed by atoms with Crippen molar-refractivity contribution in [3.63, 3.8) is 0 Å². The van der Waals surface area contributed by atoms with Gasteiger partial charge >= 0.3 is 0 Å². The minimum absolute atomic E-state index is 0.240. The molecule has 0 unspecified atom stereocenters. The van der Waals surface area contributed by atoms with Gasteiger partial charge in [0, 0.05) is 19.5 Å². The van der Waals surface area contributed by atoms with Crippen molar-refractivity contribution in [1.82, 2.24) is 20.2 Å². The predicted octanol–water partition coefficient (Wildman–Crippen LogP) is 1.70. The summed E-state index contributed by atoms with van der Waals surface area (Å²) >= 11 is 0. The van der Waals surface area contributed by atoms with Crippen molar-refractivity contribution in [3.05, 3.63) is 29.7 Å². The molecule has 0 spiro atoms. The van der Waals surface area contributed by atoms with Gasteiger partial charge in [0.1, 0.15) is 6.26 Å². The molecular formula is C11H14N4O2. The van der Waals surface area contributed by atoms with Crippen molar-refractivity contribution < 1.29 is 9.05 Å². The highest BCUT2D eigenvalue weighted by atomic mass is 16.5. The van der Waals surface area contributed by atoms with Crippen molar-refractivity contribution in [2.24, 2.45) is 0 Å². The molecule has 17 heavy (non-hydrogen) atoms. The molecule has 6 nitrogen and oxygen atoms in total. The first-order valence-corrected chi connectivity index (χ1v) is 5.76. The lowest BCUT2D eigenvalue weighted by Crippen LogP contribution is -2.23. The largest absolute Gasteiger partial charge is 0.364 e. The normalized spacial score (nSPS) is 21.1. The minimum atomic E-state index is 0.240. The molecule has 1 fully saturated rings. The standard InChI is InChI=1S/C11H14N4O2/c1-8-12-11(14-17-8)10-3-2-5-15(10)7-9-4-6-16-13-9/h4,6,10H,2-3,5,7H2,1H3/t10-/m1/s1. The zero-order valence-corrected chi connectivity index (χ0v) is 9.67. The van der Waals surface area contributed by atoms with Crippen LogP contribution >= 0.6 is 0 Å². The van der Waals surface area contributed by atoms with Gasteiger partial charge in [0.05, 0.1) is 11.7 Å². The van der Waals surface area contributed by atoms with Crippen molar-refractivity contribution in [2.45, 2.75) is 32.4 Å². The van der Waals surface area contributed by atoms with Crippen LogP contribution in [0, 0.1) is 6.92 Å². The van der Waals surface area contributed by atoms with E-state index in [1.807, 2.05) is 13.0 Å². The smallest absolute Gasteiger partial charge is 0.223 e. The zero-order valence-electron chi connectivity index (χ0n) is 9.67. The highest BCUT2D eigenvalue weighted by Crippen LogP contribution is 2.31. The van der Waals surface area contributed by atoms with E-state index in [2.05, 4.69) is 20.2 Å². The fourth-order valence-electron chi connectivity index (χ4n) is 2.29. The van der Waals surface area contributed by atoms with Crippen LogP contribution in [-0.4, -0.2) is 26.7 Å². The van der Waals surface area contributed by atoms with Gasteiger partial charge in [0.25, 0.3) is 0 Å². The van der Waals surface area contributed by atoms with Gasteiger partial charge in [-0.15, -0.1) is 0 Å². The van der Waals surface area contributed by atoms with Crippen LogP contribution in [0.4, 0.5) is 0 Å². The van der Waals surface area contributed by atoms with Gasteiger partial charge in [-0.1, -0.05) is 10.3 Å². The Bertz CT molecular complexity index is 479. The van der Waals surface area contributed by atoms with Gasteiger partial charge in [0.2, 0.25) is 5.89 Å². The molecule has 1 aliphatic rings. The SMILES string of the molecule is Cc1nc([C@H]2CCCN2Cc2ccon2)no1. The molecule has 0 aromatic carbocycles. The molecule has 90 valence electrons. The second-order valence-electron chi connectivity index (χ2n) is 4.29. The number of hydrogen-bond donors (Lipinski definition) is 0. The Morgan fingerprint density at radius 2 is 2.41 bits per heavy atom. The second kappa shape index (κ2) is 4.29. The number of nitrogens with zero attached hydrogens (tertiary/aromatic N) is 4. The summed E-state index contributed by atoms with van der Waals surface area (Å²) < 4.78 is 9.88. The fourth-order valence-corrected chi connectivity index (χ4v) is 2.29. The summed E-state index contributed by atoms with van der Waals surface area (Å²) in [6, 6.07) is 2.13. The lowest BCUT2D eigenvalue weighted by atomic mass is 10.2. The third-order valence-corrected chi connectivity index (χ3v) is 3.06. The third kappa shape index (κ3) is 2.08. The van der Waals surface area contributed by atoms with Crippen LogP contribution in [-0.2, 0) is 6.54 Å². The molecule has 0 radical (unpaired) electrons. The summed E-state index contributed by atoms with van der Waals surface area (Å²) in [5.74, 6) is 1.40. The maximum atomic E-state index is 5.04. The van der Waals surface area contributed by atoms with E-state index in [-0.39, 0.29) is 6.04 Å². The molecule has 1 atom stereocenters. The van der Waals surface area contributed by atoms with E-state index < -0.39 is 0 Å². The molecule has 6 heteroatoms. The first-order valence-electron chi connectivity index (χ1n) is 5.76. The molecule has 3 heterocycles. The maximum Gasteiger partial charge on any atom is 0.223 e. The van der Waals surface area contributed by atoms with E-state index in [0.717, 1.165) is 37.4 Å². The van der Waals surface area contributed by atoms with Crippen LogP contribution in [0.1, 0.15) is 36.3 Å². The minimum Gasteiger partial charge on any atom is -0.364 e. The average Bonchev–Trinajstić information content (AvgIpc) is 2.99. The molecule has 0 saturated carbocycles. The van der Waals surface area contributed by atoms with Crippen LogP contribution in [0.2, 0.25) is 0 Å². The first-order chi connectivity index (χ1) is 8.33. The molecule has 3 rings (SSSR count). The Labute approximate surface area is 98.6 Å². The Balaban J connectivity index is 1.76. The second-order valence-corrected chi connectivity index (χ2v) is 4.29. The van der Waals surface area contributed by atoms with E-state index in [0.29, 0.717) is 5.89 Å². The van der Waals surface area contributed by atoms with Gasteiger partial charge in [-0.2, -0.15) is 4.98 Å². The van der Waals surface area contributed by atoms with Crippen LogP contribution in [0.25, 0.3) is 0 Å². The van der Waals surface area contributed by atoms with E-state index >= 15 is 0 Å². The van der Waals surface area contributed by atoms with E-state index in [1.165, 1.54) is 0 Å². The van der Waals surface area contributed by atoms with Gasteiger partial charge in [-0.25, -0.2) is 0 Å². The van der Waals surface area contributed by atoms with Crippen LogP contribution < -0.4 is 0 Å². The van der Waals surface area contributed by atoms with Gasteiger partial charge in [-0.3, -0.25) is 4.90 Å². The molecule has 0 N–H and O–H groups in total.